The van der Waals surface area contributed by atoms with Crippen molar-refractivity contribution in [1.82, 2.24) is 0 Å². The minimum Gasteiger partial charge on any atom is -0.464 e. The van der Waals surface area contributed by atoms with E-state index in [0.29, 0.717) is 12.4 Å². The normalized spacial score (nSPS) is 14.9. The van der Waals surface area contributed by atoms with E-state index in [0.717, 1.165) is 0 Å². The lowest BCUT2D eigenvalue weighted by Crippen LogP contribution is -2.54. The van der Waals surface area contributed by atoms with Crippen molar-refractivity contribution in [3.8, 4) is 0 Å². The molecule has 28 heavy (non-hydrogen) atoms. The summed E-state index contributed by atoms with van der Waals surface area (Å²) in [5.41, 5.74) is -1.18. The molecule has 0 heterocycles. The van der Waals surface area contributed by atoms with Crippen molar-refractivity contribution in [3.05, 3.63) is 42.5 Å². The summed E-state index contributed by atoms with van der Waals surface area (Å²) in [6, 6.07) is 14.5. The van der Waals surface area contributed by atoms with Crippen LogP contribution in [0.5, 0.6) is 0 Å². The molecule has 2 aromatic carbocycles. The second-order valence-electron chi connectivity index (χ2n) is 7.00. The first-order valence-electron chi connectivity index (χ1n) is 9.76. The molecule has 2 aromatic rings. The predicted molar refractivity (Wildman–Crippen MR) is 118 cm³/mol. The quantitative estimate of drug-likeness (QED) is 0.270. The number of hydrogen-bond donors (Lipinski definition) is 0. The Labute approximate surface area is 173 Å². The van der Waals surface area contributed by atoms with Gasteiger partial charge in [-0.2, -0.15) is 0 Å². The van der Waals surface area contributed by atoms with Gasteiger partial charge in [0.1, 0.15) is 0 Å². The number of rotatable bonds is 11. The fourth-order valence-electron chi connectivity index (χ4n) is 3.56. The van der Waals surface area contributed by atoms with Crippen LogP contribution in [0.3, 0.4) is 0 Å². The van der Waals surface area contributed by atoms with Gasteiger partial charge < -0.3 is 9.47 Å². The average Bonchev–Trinajstić information content (AvgIpc) is 2.68. The molecule has 152 valence electrons. The van der Waals surface area contributed by atoms with Crippen molar-refractivity contribution in [2.75, 3.05) is 25.1 Å². The Morgan fingerprint density at radius 1 is 1.11 bits per heavy atom. The lowest BCUT2D eigenvalue weighted by atomic mass is 9.81. The Morgan fingerprint density at radius 3 is 2.46 bits per heavy atom. The van der Waals surface area contributed by atoms with Crippen LogP contribution in [0, 0.1) is 11.8 Å². The highest BCUT2D eigenvalue weighted by atomic mass is 32.2. The topological polar surface area (TPSA) is 52.6 Å². The smallest absolute Gasteiger partial charge is 0.343 e. The number of ether oxygens (including phenoxy) is 2. The lowest BCUT2D eigenvalue weighted by molar-refractivity contribution is -0.177. The molecule has 0 fully saturated rings. The molecule has 0 aliphatic rings. The number of carbonyl (C=O) groups is 1. The van der Waals surface area contributed by atoms with Gasteiger partial charge in [-0.3, -0.25) is 0 Å². The molecule has 0 aromatic heterocycles. The van der Waals surface area contributed by atoms with Gasteiger partial charge in [-0.1, -0.05) is 54.8 Å². The van der Waals surface area contributed by atoms with Gasteiger partial charge >= 0.3 is 14.4 Å². The maximum Gasteiger partial charge on any atom is 0.343 e. The number of carbonyl (C=O) groups excluding carboxylic acids is 1. The molecule has 3 unspecified atom stereocenters. The second kappa shape index (κ2) is 10.9. The fourth-order valence-corrected chi connectivity index (χ4v) is 5.81. The van der Waals surface area contributed by atoms with Gasteiger partial charge in [-0.05, 0) is 36.6 Å². The third-order valence-electron chi connectivity index (χ3n) is 4.93. The maximum absolute atomic E-state index is 12.9. The lowest BCUT2D eigenvalue weighted by Gasteiger charge is -2.37. The zero-order valence-electron chi connectivity index (χ0n) is 17.1. The van der Waals surface area contributed by atoms with E-state index >= 15 is 0 Å². The van der Waals surface area contributed by atoms with Gasteiger partial charge in [-0.15, -0.1) is 11.8 Å². The highest BCUT2D eigenvalue weighted by molar-refractivity contribution is 7.99. The van der Waals surface area contributed by atoms with Crippen LogP contribution in [-0.2, 0) is 18.8 Å². The first-order valence-corrected chi connectivity index (χ1v) is 11.9. The number of benzene rings is 2. The van der Waals surface area contributed by atoms with Crippen LogP contribution in [0.1, 0.15) is 27.7 Å². The van der Waals surface area contributed by atoms with E-state index in [1.807, 2.05) is 19.1 Å². The molecule has 0 spiro atoms. The minimum atomic E-state index is -1.18. The van der Waals surface area contributed by atoms with Crippen molar-refractivity contribution in [2.24, 2.45) is 11.8 Å². The van der Waals surface area contributed by atoms with Crippen LogP contribution in [0.15, 0.2) is 47.4 Å². The van der Waals surface area contributed by atoms with Gasteiger partial charge in [0, 0.05) is 23.2 Å². The van der Waals surface area contributed by atoms with Crippen LogP contribution in [0.2, 0.25) is 0 Å². The first-order chi connectivity index (χ1) is 13.5. The highest BCUT2D eigenvalue weighted by Gasteiger charge is 2.52. The van der Waals surface area contributed by atoms with Gasteiger partial charge in [0.25, 0.3) is 0 Å². The van der Waals surface area contributed by atoms with E-state index in [1.54, 1.807) is 18.7 Å². The molecule has 0 radical (unpaired) electrons. The number of hydrogen-bond acceptors (Lipinski definition) is 5. The molecule has 3 atom stereocenters. The van der Waals surface area contributed by atoms with Crippen molar-refractivity contribution in [2.45, 2.75) is 38.2 Å². The Kier molecular flexibility index (Phi) is 8.94. The van der Waals surface area contributed by atoms with Crippen LogP contribution in [-0.4, -0.2) is 36.7 Å². The molecule has 0 aliphatic carbocycles. The van der Waals surface area contributed by atoms with E-state index < -0.39 is 20.0 Å². The van der Waals surface area contributed by atoms with Crippen LogP contribution >= 0.6 is 20.2 Å². The number of thioether (sulfide) groups is 1. The van der Waals surface area contributed by atoms with Crippen LogP contribution in [0.4, 0.5) is 0 Å². The highest BCUT2D eigenvalue weighted by Crippen LogP contribution is 2.38. The Balaban J connectivity index is 2.37. The molecule has 0 aliphatic heterocycles. The number of fused-ring (bicyclic) bond motifs is 1. The van der Waals surface area contributed by atoms with E-state index in [-0.39, 0.29) is 24.6 Å². The standard InChI is InChI=1S/C22H29O4PS/c1-5-25-21(23)22(15-27-24,26-6-2)19(16(3)4)14-28-20-13-9-11-17-10-7-8-12-18(17)20/h7-13,16,19H,5-6,14-15H2,1-4H3/p+1. The Bertz CT molecular complexity index is 790. The molecule has 2 rings (SSSR count). The van der Waals surface area contributed by atoms with Crippen molar-refractivity contribution < 1.29 is 18.8 Å². The molecule has 6 heteroatoms. The largest absolute Gasteiger partial charge is 0.464 e. The van der Waals surface area contributed by atoms with Gasteiger partial charge in [0.15, 0.2) is 6.16 Å². The Morgan fingerprint density at radius 2 is 1.82 bits per heavy atom. The molecular formula is C22H30O4PS+. The summed E-state index contributed by atoms with van der Waals surface area (Å²) in [5.74, 6) is 0.304. The van der Waals surface area contributed by atoms with E-state index in [9.17, 15) is 9.36 Å². The van der Waals surface area contributed by atoms with Crippen molar-refractivity contribution in [3.63, 3.8) is 0 Å². The predicted octanol–water partition coefficient (Wildman–Crippen LogP) is 5.57. The maximum atomic E-state index is 12.9. The summed E-state index contributed by atoms with van der Waals surface area (Å²) in [6.07, 6.45) is 0.151. The molecule has 4 nitrogen and oxygen atoms in total. The van der Waals surface area contributed by atoms with Crippen molar-refractivity contribution in [1.29, 1.82) is 0 Å². The Hall–Kier alpha value is -1.42. The molecular weight excluding hydrogens is 391 g/mol. The molecule has 0 bridgehead atoms. The summed E-state index contributed by atoms with van der Waals surface area (Å²) >= 11 is 1.71. The molecule has 0 saturated heterocycles. The van der Waals surface area contributed by atoms with E-state index in [2.05, 4.69) is 44.2 Å². The van der Waals surface area contributed by atoms with Crippen molar-refractivity contribution >= 4 is 37.0 Å². The zero-order valence-corrected chi connectivity index (χ0v) is 18.9. The molecule has 0 saturated carbocycles. The summed E-state index contributed by atoms with van der Waals surface area (Å²) in [6.45, 7) is 8.44. The van der Waals surface area contributed by atoms with Crippen LogP contribution < -0.4 is 0 Å². The third kappa shape index (κ3) is 5.14. The van der Waals surface area contributed by atoms with Gasteiger partial charge in [0.05, 0.1) is 6.61 Å². The third-order valence-corrected chi connectivity index (χ3v) is 6.79. The SMILES string of the molecule is CCOC(=O)C(C[PH+]=O)(OCC)C(CSc1cccc2ccccc12)C(C)C. The second-order valence-corrected chi connectivity index (χ2v) is 8.71. The number of esters is 1. The summed E-state index contributed by atoms with van der Waals surface area (Å²) in [5, 5.41) is 2.39. The summed E-state index contributed by atoms with van der Waals surface area (Å²) in [4.78, 5) is 14.1. The molecule has 0 N–H and O–H groups in total. The van der Waals surface area contributed by atoms with Gasteiger partial charge in [-0.25, -0.2) is 4.79 Å². The minimum absolute atomic E-state index is 0.128. The van der Waals surface area contributed by atoms with E-state index in [1.165, 1.54) is 15.7 Å². The summed E-state index contributed by atoms with van der Waals surface area (Å²) < 4.78 is 23.0. The molecule has 0 amide bonds. The summed E-state index contributed by atoms with van der Waals surface area (Å²) in [7, 11) is -0.628. The average molecular weight is 422 g/mol. The first kappa shape index (κ1) is 22.9. The fraction of sp³-hybridized carbons (Fsp3) is 0.500. The van der Waals surface area contributed by atoms with E-state index in [4.69, 9.17) is 9.47 Å². The van der Waals surface area contributed by atoms with Crippen LogP contribution in [0.25, 0.3) is 10.8 Å². The monoisotopic (exact) mass is 421 g/mol. The van der Waals surface area contributed by atoms with Gasteiger partial charge in [0.2, 0.25) is 5.60 Å². The zero-order chi connectivity index (χ0) is 20.6.